The fourth-order valence-electron chi connectivity index (χ4n) is 2.07. The molecule has 0 spiro atoms. The zero-order chi connectivity index (χ0) is 14.3. The second kappa shape index (κ2) is 4.89. The van der Waals surface area contributed by atoms with Gasteiger partial charge in [-0.15, -0.1) is 0 Å². The number of hydrogen-bond acceptors (Lipinski definition) is 3. The van der Waals surface area contributed by atoms with Gasteiger partial charge in [0.2, 0.25) is 0 Å². The number of hydrogen-bond donors (Lipinski definition) is 1. The summed E-state index contributed by atoms with van der Waals surface area (Å²) in [5.41, 5.74) is 9.16. The Morgan fingerprint density at radius 3 is 2.80 bits per heavy atom. The highest BCUT2D eigenvalue weighted by Crippen LogP contribution is 2.28. The van der Waals surface area contributed by atoms with Crippen LogP contribution < -0.4 is 5.73 Å². The number of halogens is 2. The van der Waals surface area contributed by atoms with Crippen molar-refractivity contribution in [1.82, 2.24) is 4.98 Å². The summed E-state index contributed by atoms with van der Waals surface area (Å²) in [5, 5.41) is 0.0445. The summed E-state index contributed by atoms with van der Waals surface area (Å²) in [4.78, 5) is 4.37. The first-order valence-electron chi connectivity index (χ1n) is 6.12. The molecular weight excluding hydrogens is 279 g/mol. The average Bonchev–Trinajstić information content (AvgIpc) is 2.84. The lowest BCUT2D eigenvalue weighted by Gasteiger charge is -2.09. The van der Waals surface area contributed by atoms with Crippen molar-refractivity contribution < 1.29 is 8.81 Å². The van der Waals surface area contributed by atoms with E-state index in [1.54, 1.807) is 12.1 Å². The SMILES string of the molecule is Cc1ccc2oc(C(N)c3ccc(F)c(Cl)c3)cc2n1. The highest BCUT2D eigenvalue weighted by molar-refractivity contribution is 6.30. The van der Waals surface area contributed by atoms with Crippen molar-refractivity contribution in [2.75, 3.05) is 0 Å². The van der Waals surface area contributed by atoms with Crippen LogP contribution in [0.25, 0.3) is 11.1 Å². The maximum Gasteiger partial charge on any atom is 0.152 e. The van der Waals surface area contributed by atoms with E-state index in [1.807, 2.05) is 19.1 Å². The molecule has 2 heterocycles. The van der Waals surface area contributed by atoms with Crippen molar-refractivity contribution in [3.8, 4) is 0 Å². The molecule has 0 fully saturated rings. The molecule has 2 aromatic heterocycles. The van der Waals surface area contributed by atoms with E-state index in [4.69, 9.17) is 21.8 Å². The van der Waals surface area contributed by atoms with Crippen molar-refractivity contribution in [2.24, 2.45) is 5.73 Å². The van der Waals surface area contributed by atoms with Gasteiger partial charge in [0, 0.05) is 11.8 Å². The van der Waals surface area contributed by atoms with Gasteiger partial charge in [-0.3, -0.25) is 0 Å². The molecule has 0 aliphatic rings. The van der Waals surface area contributed by atoms with Gasteiger partial charge in [0.1, 0.15) is 17.1 Å². The van der Waals surface area contributed by atoms with Crippen molar-refractivity contribution in [3.63, 3.8) is 0 Å². The molecule has 20 heavy (non-hydrogen) atoms. The van der Waals surface area contributed by atoms with Gasteiger partial charge in [0.25, 0.3) is 0 Å². The topological polar surface area (TPSA) is 52.0 Å². The molecule has 102 valence electrons. The van der Waals surface area contributed by atoms with Crippen LogP contribution in [-0.2, 0) is 0 Å². The number of nitrogens with two attached hydrogens (primary N) is 1. The van der Waals surface area contributed by atoms with Crippen LogP contribution in [-0.4, -0.2) is 4.98 Å². The van der Waals surface area contributed by atoms with Crippen molar-refractivity contribution in [2.45, 2.75) is 13.0 Å². The first-order valence-corrected chi connectivity index (χ1v) is 6.50. The summed E-state index contributed by atoms with van der Waals surface area (Å²) in [6.45, 7) is 1.91. The minimum absolute atomic E-state index is 0.0445. The van der Waals surface area contributed by atoms with Gasteiger partial charge in [0.05, 0.1) is 11.1 Å². The van der Waals surface area contributed by atoms with E-state index in [2.05, 4.69) is 4.98 Å². The molecule has 0 saturated heterocycles. The standard InChI is InChI=1S/C15H12ClFN2O/c1-8-2-5-13-12(19-8)7-14(20-13)15(18)9-3-4-11(17)10(16)6-9/h2-7,15H,18H2,1H3. The zero-order valence-corrected chi connectivity index (χ0v) is 11.5. The minimum atomic E-state index is -0.511. The van der Waals surface area contributed by atoms with Gasteiger partial charge >= 0.3 is 0 Å². The molecule has 1 atom stereocenters. The minimum Gasteiger partial charge on any atom is -0.457 e. The lowest BCUT2D eigenvalue weighted by atomic mass is 10.1. The van der Waals surface area contributed by atoms with Gasteiger partial charge in [-0.25, -0.2) is 9.37 Å². The Balaban J connectivity index is 2.02. The summed E-state index contributed by atoms with van der Waals surface area (Å²) in [6, 6.07) is 9.40. The Bertz CT molecular complexity index is 785. The monoisotopic (exact) mass is 290 g/mol. The molecule has 1 aromatic carbocycles. The summed E-state index contributed by atoms with van der Waals surface area (Å²) < 4.78 is 18.9. The van der Waals surface area contributed by atoms with Crippen LogP contribution in [0, 0.1) is 12.7 Å². The Kier molecular flexibility index (Phi) is 3.20. The molecule has 3 nitrogen and oxygen atoms in total. The first kappa shape index (κ1) is 13.1. The van der Waals surface area contributed by atoms with Crippen LogP contribution in [0.15, 0.2) is 40.8 Å². The summed E-state index contributed by atoms with van der Waals surface area (Å²) in [5.74, 6) is 0.102. The fourth-order valence-corrected chi connectivity index (χ4v) is 2.26. The fraction of sp³-hybridized carbons (Fsp3) is 0.133. The lowest BCUT2D eigenvalue weighted by Crippen LogP contribution is -2.10. The van der Waals surface area contributed by atoms with Crippen LogP contribution in [0.1, 0.15) is 23.1 Å². The molecule has 0 saturated carbocycles. The van der Waals surface area contributed by atoms with Gasteiger partial charge in [0.15, 0.2) is 5.58 Å². The van der Waals surface area contributed by atoms with E-state index in [9.17, 15) is 4.39 Å². The predicted molar refractivity (Wildman–Crippen MR) is 76.2 cm³/mol. The number of rotatable bonds is 2. The smallest absolute Gasteiger partial charge is 0.152 e. The third-order valence-electron chi connectivity index (χ3n) is 3.14. The quantitative estimate of drug-likeness (QED) is 0.777. The van der Waals surface area contributed by atoms with Crippen LogP contribution in [0.3, 0.4) is 0 Å². The molecule has 2 N–H and O–H groups in total. The molecule has 0 aliphatic heterocycles. The summed E-state index contributed by atoms with van der Waals surface area (Å²) >= 11 is 5.77. The van der Waals surface area contributed by atoms with Crippen molar-refractivity contribution in [1.29, 1.82) is 0 Å². The van der Waals surface area contributed by atoms with Crippen molar-refractivity contribution >= 4 is 22.7 Å². The number of nitrogens with zero attached hydrogens (tertiary/aromatic N) is 1. The maximum absolute atomic E-state index is 13.2. The highest BCUT2D eigenvalue weighted by Gasteiger charge is 2.16. The van der Waals surface area contributed by atoms with Crippen LogP contribution in [0.4, 0.5) is 4.39 Å². The first-order chi connectivity index (χ1) is 9.54. The van der Waals surface area contributed by atoms with E-state index in [-0.39, 0.29) is 5.02 Å². The average molecular weight is 291 g/mol. The second-order valence-corrected chi connectivity index (χ2v) is 5.04. The highest BCUT2D eigenvalue weighted by atomic mass is 35.5. The van der Waals surface area contributed by atoms with Crippen LogP contribution >= 0.6 is 11.6 Å². The van der Waals surface area contributed by atoms with Crippen LogP contribution in [0.5, 0.6) is 0 Å². The number of fused-ring (bicyclic) bond motifs is 1. The summed E-state index contributed by atoms with van der Waals surface area (Å²) in [6.07, 6.45) is 0. The number of benzene rings is 1. The van der Waals surface area contributed by atoms with Crippen molar-refractivity contribution in [3.05, 3.63) is 64.3 Å². The number of aryl methyl sites for hydroxylation is 1. The van der Waals surface area contributed by atoms with Gasteiger partial charge in [-0.05, 0) is 36.8 Å². The largest absolute Gasteiger partial charge is 0.457 e. The molecule has 0 bridgehead atoms. The Morgan fingerprint density at radius 1 is 1.25 bits per heavy atom. The number of pyridine rings is 1. The molecule has 0 amide bonds. The Labute approximate surface area is 120 Å². The lowest BCUT2D eigenvalue weighted by molar-refractivity contribution is 0.524. The second-order valence-electron chi connectivity index (χ2n) is 4.64. The van der Waals surface area contributed by atoms with Gasteiger partial charge < -0.3 is 10.2 Å². The molecule has 3 aromatic rings. The van der Waals surface area contributed by atoms with E-state index in [0.717, 1.165) is 11.2 Å². The van der Waals surface area contributed by atoms with E-state index < -0.39 is 11.9 Å². The summed E-state index contributed by atoms with van der Waals surface area (Å²) in [7, 11) is 0. The molecule has 5 heteroatoms. The van der Waals surface area contributed by atoms with E-state index in [1.165, 1.54) is 12.1 Å². The number of aromatic nitrogens is 1. The Morgan fingerprint density at radius 2 is 2.05 bits per heavy atom. The molecule has 1 unspecified atom stereocenters. The Hall–Kier alpha value is -1.91. The van der Waals surface area contributed by atoms with Crippen LogP contribution in [0.2, 0.25) is 5.02 Å². The van der Waals surface area contributed by atoms with E-state index in [0.29, 0.717) is 16.9 Å². The molecule has 3 rings (SSSR count). The zero-order valence-electron chi connectivity index (χ0n) is 10.7. The molecule has 0 radical (unpaired) electrons. The van der Waals surface area contributed by atoms with Gasteiger partial charge in [-0.2, -0.15) is 0 Å². The number of furan rings is 1. The third-order valence-corrected chi connectivity index (χ3v) is 3.43. The molecule has 0 aliphatic carbocycles. The maximum atomic E-state index is 13.2. The predicted octanol–water partition coefficient (Wildman–Crippen LogP) is 3.98. The normalized spacial score (nSPS) is 12.8. The third kappa shape index (κ3) is 2.28. The van der Waals surface area contributed by atoms with Gasteiger partial charge in [-0.1, -0.05) is 17.7 Å². The molecular formula is C15H12ClFN2O. The van der Waals surface area contributed by atoms with E-state index >= 15 is 0 Å².